The molecule has 0 saturated carbocycles. The summed E-state index contributed by atoms with van der Waals surface area (Å²) in [4.78, 5) is 24.5. The predicted molar refractivity (Wildman–Crippen MR) is 107 cm³/mol. The van der Waals surface area contributed by atoms with E-state index < -0.39 is 0 Å². The minimum Gasteiger partial charge on any atom is -0.336 e. The maximum atomic E-state index is 13.1. The molecule has 0 N–H and O–H groups in total. The fourth-order valence-corrected chi connectivity index (χ4v) is 4.03. The Morgan fingerprint density at radius 2 is 2.11 bits per heavy atom. The van der Waals surface area contributed by atoms with Gasteiger partial charge in [-0.25, -0.2) is 9.97 Å². The molecule has 1 atom stereocenters. The Bertz CT molecular complexity index is 991. The highest BCUT2D eigenvalue weighted by Gasteiger charge is 2.31. The van der Waals surface area contributed by atoms with Gasteiger partial charge in [-0.3, -0.25) is 4.79 Å². The van der Waals surface area contributed by atoms with Crippen molar-refractivity contribution in [1.82, 2.24) is 19.4 Å². The van der Waals surface area contributed by atoms with Gasteiger partial charge in [-0.05, 0) is 50.5 Å². The molecule has 3 aromatic rings. The summed E-state index contributed by atoms with van der Waals surface area (Å²) in [5, 5.41) is 0. The van der Waals surface area contributed by atoms with E-state index in [0.29, 0.717) is 6.54 Å². The molecule has 27 heavy (non-hydrogen) atoms. The zero-order valence-electron chi connectivity index (χ0n) is 16.3. The molecule has 0 spiro atoms. The van der Waals surface area contributed by atoms with E-state index in [9.17, 15) is 4.79 Å². The van der Waals surface area contributed by atoms with Gasteiger partial charge in [0.15, 0.2) is 5.65 Å². The van der Waals surface area contributed by atoms with Crippen molar-refractivity contribution in [3.8, 4) is 0 Å². The van der Waals surface area contributed by atoms with Crippen LogP contribution in [0.4, 0.5) is 0 Å². The molecule has 2 aromatic heterocycles. The average Bonchev–Trinajstić information content (AvgIpc) is 3.27. The normalized spacial score (nSPS) is 17.0. The van der Waals surface area contributed by atoms with Crippen LogP contribution in [0, 0.1) is 13.8 Å². The van der Waals surface area contributed by atoms with Gasteiger partial charge in [0.05, 0.1) is 6.04 Å². The van der Waals surface area contributed by atoms with Gasteiger partial charge < -0.3 is 9.47 Å². The van der Waals surface area contributed by atoms with Gasteiger partial charge in [0.25, 0.3) is 5.91 Å². The Morgan fingerprint density at radius 1 is 1.26 bits per heavy atom. The molecule has 1 amide bonds. The van der Waals surface area contributed by atoms with E-state index in [4.69, 9.17) is 4.98 Å². The van der Waals surface area contributed by atoms with Crippen LogP contribution in [0.1, 0.15) is 53.1 Å². The zero-order chi connectivity index (χ0) is 19.0. The summed E-state index contributed by atoms with van der Waals surface area (Å²) in [5.74, 6) is 1.21. The number of fused-ring (bicyclic) bond motifs is 1. The molecule has 1 aromatic carbocycles. The lowest BCUT2D eigenvalue weighted by atomic mass is 10.0. The lowest BCUT2D eigenvalue weighted by molar-refractivity contribution is 0.0787. The summed E-state index contributed by atoms with van der Waals surface area (Å²) in [5.41, 5.74) is 4.86. The summed E-state index contributed by atoms with van der Waals surface area (Å²) >= 11 is 0. The predicted octanol–water partition coefficient (Wildman–Crippen LogP) is 4.09. The van der Waals surface area contributed by atoms with E-state index in [-0.39, 0.29) is 11.9 Å². The first-order valence-corrected chi connectivity index (χ1v) is 9.77. The van der Waals surface area contributed by atoms with Crippen LogP contribution in [0.2, 0.25) is 0 Å². The minimum absolute atomic E-state index is 0.133. The molecule has 1 fully saturated rings. The molecular formula is C22H26N4O. The monoisotopic (exact) mass is 362 g/mol. The second-order valence-corrected chi connectivity index (χ2v) is 7.51. The first kappa shape index (κ1) is 17.7. The van der Waals surface area contributed by atoms with Gasteiger partial charge in [0, 0.05) is 31.3 Å². The third-order valence-corrected chi connectivity index (χ3v) is 5.43. The van der Waals surface area contributed by atoms with E-state index in [0.717, 1.165) is 59.5 Å². The molecule has 5 heteroatoms. The number of aryl methyl sites for hydroxylation is 3. The number of benzene rings is 1. The number of amides is 1. The number of nitrogens with zero attached hydrogens (tertiary/aromatic N) is 4. The molecule has 4 rings (SSSR count). The third-order valence-electron chi connectivity index (χ3n) is 5.43. The molecule has 3 heterocycles. The Morgan fingerprint density at radius 3 is 2.93 bits per heavy atom. The summed E-state index contributed by atoms with van der Waals surface area (Å²) < 4.78 is 2.27. The maximum Gasteiger partial charge on any atom is 0.254 e. The smallest absolute Gasteiger partial charge is 0.254 e. The van der Waals surface area contributed by atoms with Gasteiger partial charge in [-0.15, -0.1) is 0 Å². The van der Waals surface area contributed by atoms with Gasteiger partial charge in [-0.1, -0.05) is 24.6 Å². The van der Waals surface area contributed by atoms with E-state index in [1.807, 2.05) is 49.2 Å². The zero-order valence-corrected chi connectivity index (χ0v) is 16.3. The van der Waals surface area contributed by atoms with Crippen molar-refractivity contribution in [2.24, 2.45) is 0 Å². The fraction of sp³-hybridized carbons (Fsp3) is 0.409. The second kappa shape index (κ2) is 7.14. The molecule has 1 saturated heterocycles. The second-order valence-electron chi connectivity index (χ2n) is 7.51. The van der Waals surface area contributed by atoms with Crippen molar-refractivity contribution in [2.45, 2.75) is 46.1 Å². The Labute approximate surface area is 160 Å². The van der Waals surface area contributed by atoms with Crippen LogP contribution >= 0.6 is 0 Å². The fourth-order valence-electron chi connectivity index (χ4n) is 4.03. The Kier molecular flexibility index (Phi) is 4.68. The van der Waals surface area contributed by atoms with E-state index in [2.05, 4.69) is 22.5 Å². The molecule has 0 bridgehead atoms. The van der Waals surface area contributed by atoms with Crippen molar-refractivity contribution >= 4 is 17.1 Å². The van der Waals surface area contributed by atoms with E-state index in [1.165, 1.54) is 0 Å². The van der Waals surface area contributed by atoms with Crippen LogP contribution in [0.5, 0.6) is 0 Å². The van der Waals surface area contributed by atoms with Crippen molar-refractivity contribution in [2.75, 3.05) is 13.1 Å². The van der Waals surface area contributed by atoms with Crippen LogP contribution in [0.3, 0.4) is 0 Å². The number of carbonyl (C=O) groups excluding carboxylic acids is 1. The van der Waals surface area contributed by atoms with Crippen LogP contribution < -0.4 is 0 Å². The highest BCUT2D eigenvalue weighted by Crippen LogP contribution is 2.29. The maximum absolute atomic E-state index is 13.1. The van der Waals surface area contributed by atoms with Gasteiger partial charge >= 0.3 is 0 Å². The van der Waals surface area contributed by atoms with Crippen molar-refractivity contribution < 1.29 is 4.79 Å². The van der Waals surface area contributed by atoms with Crippen LogP contribution in [-0.4, -0.2) is 38.4 Å². The average molecular weight is 362 g/mol. The number of imidazole rings is 1. The highest BCUT2D eigenvalue weighted by molar-refractivity contribution is 5.96. The molecule has 0 aliphatic carbocycles. The van der Waals surface area contributed by atoms with E-state index >= 15 is 0 Å². The number of likely N-dealkylation sites (tertiary alicyclic amines) is 1. The van der Waals surface area contributed by atoms with Crippen molar-refractivity contribution in [1.29, 1.82) is 0 Å². The molecule has 0 radical (unpaired) electrons. The van der Waals surface area contributed by atoms with Crippen LogP contribution in [0.15, 0.2) is 36.5 Å². The Balaban J connectivity index is 1.63. The van der Waals surface area contributed by atoms with E-state index in [1.54, 1.807) is 0 Å². The number of rotatable bonds is 4. The lowest BCUT2D eigenvalue weighted by Gasteiger charge is -2.20. The molecular weight excluding hydrogens is 336 g/mol. The van der Waals surface area contributed by atoms with Gasteiger partial charge in [-0.2, -0.15) is 0 Å². The quantitative estimate of drug-likeness (QED) is 0.702. The van der Waals surface area contributed by atoms with Crippen molar-refractivity contribution in [3.05, 3.63) is 59.0 Å². The van der Waals surface area contributed by atoms with Crippen molar-refractivity contribution in [3.63, 3.8) is 0 Å². The molecule has 1 aliphatic rings. The number of hydrogen-bond donors (Lipinski definition) is 0. The SMILES string of the molecule is CCCc1nc2cccnc2n1[C@@H]1CCN(C(=O)c2cc(C)ccc2C)C1. The minimum atomic E-state index is 0.133. The third kappa shape index (κ3) is 3.22. The van der Waals surface area contributed by atoms with Gasteiger partial charge in [0.1, 0.15) is 11.3 Å². The number of carbonyl (C=O) groups is 1. The lowest BCUT2D eigenvalue weighted by Crippen LogP contribution is -2.30. The molecule has 0 unspecified atom stereocenters. The molecule has 5 nitrogen and oxygen atoms in total. The number of hydrogen-bond acceptors (Lipinski definition) is 3. The summed E-state index contributed by atoms with van der Waals surface area (Å²) in [6, 6.07) is 10.3. The summed E-state index contributed by atoms with van der Waals surface area (Å²) in [7, 11) is 0. The van der Waals surface area contributed by atoms with Crippen LogP contribution in [0.25, 0.3) is 11.2 Å². The number of aromatic nitrogens is 3. The standard InChI is InChI=1S/C22H26N4O/c1-4-6-20-24-19-7-5-11-23-21(19)26(20)17-10-12-25(14-17)22(27)18-13-15(2)8-9-16(18)3/h5,7-9,11,13,17H,4,6,10,12,14H2,1-3H3/t17-/m1/s1. The highest BCUT2D eigenvalue weighted by atomic mass is 16.2. The summed E-state index contributed by atoms with van der Waals surface area (Å²) in [6.45, 7) is 7.69. The topological polar surface area (TPSA) is 51.0 Å². The van der Waals surface area contributed by atoms with Gasteiger partial charge in [0.2, 0.25) is 0 Å². The molecule has 140 valence electrons. The Hall–Kier alpha value is -2.69. The number of pyridine rings is 1. The summed E-state index contributed by atoms with van der Waals surface area (Å²) in [6.07, 6.45) is 4.73. The first-order valence-electron chi connectivity index (χ1n) is 9.77. The largest absolute Gasteiger partial charge is 0.336 e. The molecule has 1 aliphatic heterocycles. The van der Waals surface area contributed by atoms with Crippen LogP contribution in [-0.2, 0) is 6.42 Å². The first-order chi connectivity index (χ1) is 13.1.